The molecule has 0 amide bonds. The summed E-state index contributed by atoms with van der Waals surface area (Å²) in [7, 11) is 0. The minimum absolute atomic E-state index is 0.303. The van der Waals surface area contributed by atoms with Crippen molar-refractivity contribution in [2.24, 2.45) is 0 Å². The van der Waals surface area contributed by atoms with Crippen molar-refractivity contribution >= 4 is 17.9 Å². The van der Waals surface area contributed by atoms with Crippen molar-refractivity contribution < 1.29 is 20.1 Å². The zero-order chi connectivity index (χ0) is 9.02. The first-order valence-electron chi connectivity index (χ1n) is 3.14. The highest BCUT2D eigenvalue weighted by Crippen LogP contribution is 2.07. The Morgan fingerprint density at radius 1 is 1.27 bits per heavy atom. The molecule has 3 N–H and O–H groups in total. The molecule has 0 aromatic rings. The van der Waals surface area contributed by atoms with Crippen LogP contribution in [0.25, 0.3) is 0 Å². The number of hydrogen-bond donors (Lipinski definition) is 3. The molecule has 0 aromatic carbocycles. The molecule has 0 fully saturated rings. The lowest BCUT2D eigenvalue weighted by atomic mass is 10.1. The van der Waals surface area contributed by atoms with Gasteiger partial charge >= 0.3 is 0 Å². The molecule has 0 bridgehead atoms. The molecular weight excluding hydrogens is 172 g/mol. The third-order valence-corrected chi connectivity index (χ3v) is 1.66. The van der Waals surface area contributed by atoms with E-state index in [4.69, 9.17) is 26.9 Å². The van der Waals surface area contributed by atoms with Crippen LogP contribution in [0.1, 0.15) is 6.92 Å². The lowest BCUT2D eigenvalue weighted by Gasteiger charge is -2.20. The van der Waals surface area contributed by atoms with E-state index in [2.05, 4.69) is 0 Å². The second-order valence-corrected chi connectivity index (χ2v) is 2.81. The zero-order valence-corrected chi connectivity index (χ0v) is 6.77. The number of aliphatic hydroxyl groups is 3. The fourth-order valence-electron chi connectivity index (χ4n) is 0.554. The van der Waals surface area contributed by atoms with E-state index >= 15 is 0 Å². The van der Waals surface area contributed by atoms with Gasteiger partial charge in [0.05, 0.1) is 6.10 Å². The molecule has 4 nitrogen and oxygen atoms in total. The van der Waals surface area contributed by atoms with Gasteiger partial charge in [0.25, 0.3) is 0 Å². The van der Waals surface area contributed by atoms with Gasteiger partial charge in [0.2, 0.25) is 0 Å². The Bertz CT molecular complexity index is 128. The summed E-state index contributed by atoms with van der Waals surface area (Å²) < 4.78 is 0. The van der Waals surface area contributed by atoms with Gasteiger partial charge in [0, 0.05) is 0 Å². The van der Waals surface area contributed by atoms with Crippen LogP contribution in [-0.2, 0) is 4.79 Å². The Morgan fingerprint density at radius 2 is 1.73 bits per heavy atom. The van der Waals surface area contributed by atoms with Crippen molar-refractivity contribution in [1.82, 2.24) is 0 Å². The molecule has 0 aliphatic heterocycles. The first-order valence-corrected chi connectivity index (χ1v) is 3.58. The normalized spacial score (nSPS) is 21.9. The number of aldehydes is 1. The first-order chi connectivity index (χ1) is 5.00. The largest absolute Gasteiger partial charge is 0.391 e. The standard InChI is InChI=1S/C6H11ClO4/c1-3(9)5(10)6(11)4(7)2-8/h2-6,9-11H,1H3/t3-,4+,5+,6-/m0/s1. The summed E-state index contributed by atoms with van der Waals surface area (Å²) in [4.78, 5) is 9.99. The van der Waals surface area contributed by atoms with E-state index in [1.165, 1.54) is 6.92 Å². The molecule has 0 radical (unpaired) electrons. The Hall–Kier alpha value is -0.160. The molecule has 0 heterocycles. The summed E-state index contributed by atoms with van der Waals surface area (Å²) in [6.45, 7) is 1.29. The second-order valence-electron chi connectivity index (χ2n) is 2.30. The second kappa shape index (κ2) is 4.66. The topological polar surface area (TPSA) is 77.8 Å². The van der Waals surface area contributed by atoms with Crippen molar-refractivity contribution in [3.8, 4) is 0 Å². The van der Waals surface area contributed by atoms with Crippen LogP contribution in [0.4, 0.5) is 0 Å². The number of carbonyl (C=O) groups is 1. The maximum absolute atomic E-state index is 9.99. The van der Waals surface area contributed by atoms with Gasteiger partial charge in [-0.2, -0.15) is 0 Å². The number of rotatable bonds is 4. The van der Waals surface area contributed by atoms with E-state index in [1.54, 1.807) is 0 Å². The molecule has 0 spiro atoms. The molecule has 11 heavy (non-hydrogen) atoms. The maximum atomic E-state index is 9.99. The molecular formula is C6H11ClO4. The van der Waals surface area contributed by atoms with Crippen molar-refractivity contribution in [3.63, 3.8) is 0 Å². The van der Waals surface area contributed by atoms with E-state index in [0.717, 1.165) is 0 Å². The Morgan fingerprint density at radius 3 is 2.00 bits per heavy atom. The van der Waals surface area contributed by atoms with Crippen LogP contribution >= 0.6 is 11.6 Å². The maximum Gasteiger partial charge on any atom is 0.140 e. The number of alkyl halides is 1. The van der Waals surface area contributed by atoms with Crippen LogP contribution in [0.3, 0.4) is 0 Å². The van der Waals surface area contributed by atoms with E-state index in [-0.39, 0.29) is 0 Å². The predicted molar refractivity (Wildman–Crippen MR) is 39.4 cm³/mol. The van der Waals surface area contributed by atoms with E-state index in [9.17, 15) is 4.79 Å². The highest BCUT2D eigenvalue weighted by molar-refractivity contribution is 6.28. The highest BCUT2D eigenvalue weighted by atomic mass is 35.5. The minimum atomic E-state index is -1.42. The number of halogens is 1. The van der Waals surface area contributed by atoms with Crippen LogP contribution in [0.5, 0.6) is 0 Å². The molecule has 0 saturated heterocycles. The first kappa shape index (κ1) is 10.8. The summed E-state index contributed by atoms with van der Waals surface area (Å²) >= 11 is 5.27. The van der Waals surface area contributed by atoms with Crippen LogP contribution in [0.2, 0.25) is 0 Å². The van der Waals surface area contributed by atoms with Gasteiger partial charge in [-0.3, -0.25) is 0 Å². The van der Waals surface area contributed by atoms with Crippen molar-refractivity contribution in [1.29, 1.82) is 0 Å². The van der Waals surface area contributed by atoms with E-state index in [0.29, 0.717) is 6.29 Å². The fraction of sp³-hybridized carbons (Fsp3) is 0.833. The Kier molecular flexibility index (Phi) is 4.60. The zero-order valence-electron chi connectivity index (χ0n) is 6.01. The Labute approximate surface area is 69.4 Å². The number of aliphatic hydroxyl groups excluding tert-OH is 3. The van der Waals surface area contributed by atoms with E-state index < -0.39 is 23.7 Å². The minimum Gasteiger partial charge on any atom is -0.391 e. The molecule has 5 heteroatoms. The quantitative estimate of drug-likeness (QED) is 0.381. The molecule has 0 saturated carbocycles. The SMILES string of the molecule is C[C@H](O)[C@@H](O)[C@@H](O)[C@H](Cl)C=O. The molecule has 0 unspecified atom stereocenters. The van der Waals surface area contributed by atoms with Gasteiger partial charge in [-0.1, -0.05) is 0 Å². The number of hydrogen-bond acceptors (Lipinski definition) is 4. The molecule has 4 atom stereocenters. The molecule has 0 aliphatic rings. The predicted octanol–water partition coefficient (Wildman–Crippen LogP) is -1.10. The molecule has 0 rings (SSSR count). The van der Waals surface area contributed by atoms with Crippen LogP contribution in [0, 0.1) is 0 Å². The monoisotopic (exact) mass is 182 g/mol. The number of carbonyl (C=O) groups excluding carboxylic acids is 1. The van der Waals surface area contributed by atoms with Gasteiger partial charge in [0.1, 0.15) is 23.9 Å². The molecule has 0 aliphatic carbocycles. The van der Waals surface area contributed by atoms with Gasteiger partial charge in [0.15, 0.2) is 0 Å². The summed E-state index contributed by atoms with van der Waals surface area (Å²) in [5.74, 6) is 0. The van der Waals surface area contributed by atoms with Crippen LogP contribution in [0.15, 0.2) is 0 Å². The van der Waals surface area contributed by atoms with Crippen molar-refractivity contribution in [3.05, 3.63) is 0 Å². The summed E-state index contributed by atoms with van der Waals surface area (Å²) in [5.41, 5.74) is 0. The summed E-state index contributed by atoms with van der Waals surface area (Å²) in [6, 6.07) is 0. The highest BCUT2D eigenvalue weighted by Gasteiger charge is 2.27. The van der Waals surface area contributed by atoms with E-state index in [1.807, 2.05) is 0 Å². The fourth-order valence-corrected chi connectivity index (χ4v) is 0.703. The lowest BCUT2D eigenvalue weighted by Crippen LogP contribution is -2.41. The molecule has 0 aromatic heterocycles. The average molecular weight is 183 g/mol. The van der Waals surface area contributed by atoms with Gasteiger partial charge in [-0.05, 0) is 6.92 Å². The van der Waals surface area contributed by atoms with Crippen molar-refractivity contribution in [2.45, 2.75) is 30.6 Å². The van der Waals surface area contributed by atoms with Gasteiger partial charge in [-0.15, -0.1) is 11.6 Å². The van der Waals surface area contributed by atoms with Gasteiger partial charge < -0.3 is 20.1 Å². The Balaban J connectivity index is 4.00. The average Bonchev–Trinajstić information content (AvgIpc) is 2.00. The third-order valence-electron chi connectivity index (χ3n) is 1.30. The summed E-state index contributed by atoms with van der Waals surface area (Å²) in [5, 5.41) is 25.5. The van der Waals surface area contributed by atoms with Crippen molar-refractivity contribution in [2.75, 3.05) is 0 Å². The lowest BCUT2D eigenvalue weighted by molar-refractivity contribution is -0.112. The summed E-state index contributed by atoms with van der Waals surface area (Å²) in [6.07, 6.45) is -3.61. The van der Waals surface area contributed by atoms with Crippen LogP contribution < -0.4 is 0 Å². The van der Waals surface area contributed by atoms with Gasteiger partial charge in [-0.25, -0.2) is 0 Å². The van der Waals surface area contributed by atoms with Crippen LogP contribution in [-0.4, -0.2) is 45.3 Å². The smallest absolute Gasteiger partial charge is 0.140 e. The third kappa shape index (κ3) is 3.16. The molecule has 66 valence electrons.